The first-order valence-corrected chi connectivity index (χ1v) is 7.97. The fourth-order valence-corrected chi connectivity index (χ4v) is 3.59. The summed E-state index contributed by atoms with van der Waals surface area (Å²) in [6, 6.07) is -0.593. The molecule has 2 aliphatic rings. The molecule has 5 nitrogen and oxygen atoms in total. The molecule has 0 bridgehead atoms. The Bertz CT molecular complexity index is 402. The number of carboxylic acids is 1. The Balaban J connectivity index is 2.12. The number of nitrogens with zero attached hydrogens (tertiary/aromatic N) is 1. The number of carbonyl (C=O) groups excluding carboxylic acids is 1. The van der Waals surface area contributed by atoms with Crippen LogP contribution in [0, 0.1) is 5.92 Å². The van der Waals surface area contributed by atoms with Gasteiger partial charge in [0.05, 0.1) is 5.60 Å². The average Bonchev–Trinajstić information content (AvgIpc) is 2.42. The maximum Gasteiger partial charge on any atom is 0.326 e. The zero-order valence-corrected chi connectivity index (χ0v) is 13.3. The van der Waals surface area contributed by atoms with Crippen molar-refractivity contribution in [3.05, 3.63) is 0 Å². The van der Waals surface area contributed by atoms with Crippen LogP contribution in [0.1, 0.15) is 59.3 Å². The molecular weight excluding hydrogens is 270 g/mol. The van der Waals surface area contributed by atoms with Crippen molar-refractivity contribution in [3.63, 3.8) is 0 Å². The Labute approximate surface area is 126 Å². The summed E-state index contributed by atoms with van der Waals surface area (Å²) in [5, 5.41) is 9.44. The van der Waals surface area contributed by atoms with Crippen LogP contribution in [0.25, 0.3) is 0 Å². The van der Waals surface area contributed by atoms with Gasteiger partial charge in [-0.3, -0.25) is 4.79 Å². The minimum atomic E-state index is -0.886. The van der Waals surface area contributed by atoms with E-state index in [2.05, 4.69) is 0 Å². The summed E-state index contributed by atoms with van der Waals surface area (Å²) < 4.78 is 5.57. The molecule has 1 aliphatic heterocycles. The van der Waals surface area contributed by atoms with E-state index >= 15 is 0 Å². The lowest BCUT2D eigenvalue weighted by atomic mass is 9.76. The number of ether oxygens (including phenoxy) is 1. The number of hydrogen-bond donors (Lipinski definition) is 1. The van der Waals surface area contributed by atoms with Crippen LogP contribution in [0.15, 0.2) is 0 Å². The SMILES string of the molecule is CC(C)(C)OCC(=O)N1C(C(=O)O)CCC2CCCCC21. The smallest absolute Gasteiger partial charge is 0.326 e. The van der Waals surface area contributed by atoms with Crippen LogP contribution in [0.3, 0.4) is 0 Å². The maximum absolute atomic E-state index is 12.6. The van der Waals surface area contributed by atoms with E-state index in [-0.39, 0.29) is 18.6 Å². The summed E-state index contributed by atoms with van der Waals surface area (Å²) in [6.07, 6.45) is 5.80. The fraction of sp³-hybridized carbons (Fsp3) is 0.875. The molecule has 5 heteroatoms. The minimum Gasteiger partial charge on any atom is -0.480 e. The predicted octanol–water partition coefficient (Wildman–Crippen LogP) is 2.44. The zero-order valence-electron chi connectivity index (χ0n) is 13.3. The molecular formula is C16H27NO4. The predicted molar refractivity (Wildman–Crippen MR) is 79.0 cm³/mol. The molecule has 0 radical (unpaired) electrons. The van der Waals surface area contributed by atoms with Crippen LogP contribution in [0.4, 0.5) is 0 Å². The number of amides is 1. The first kappa shape index (κ1) is 16.3. The van der Waals surface area contributed by atoms with Gasteiger partial charge in [-0.1, -0.05) is 12.8 Å². The Morgan fingerprint density at radius 1 is 1.14 bits per heavy atom. The molecule has 0 aromatic carbocycles. The first-order chi connectivity index (χ1) is 9.79. The van der Waals surface area contributed by atoms with Gasteiger partial charge in [0.2, 0.25) is 5.91 Å². The van der Waals surface area contributed by atoms with E-state index in [4.69, 9.17) is 4.74 Å². The van der Waals surface area contributed by atoms with Crippen LogP contribution >= 0.6 is 0 Å². The number of carboxylic acid groups (broad SMARTS) is 1. The highest BCUT2D eigenvalue weighted by Gasteiger charge is 2.43. The van der Waals surface area contributed by atoms with Crippen molar-refractivity contribution in [2.24, 2.45) is 5.92 Å². The third kappa shape index (κ3) is 3.96. The van der Waals surface area contributed by atoms with Crippen molar-refractivity contribution < 1.29 is 19.4 Å². The van der Waals surface area contributed by atoms with E-state index in [0.29, 0.717) is 12.3 Å². The molecule has 1 saturated carbocycles. The molecule has 0 spiro atoms. The molecule has 1 amide bonds. The van der Waals surface area contributed by atoms with Crippen molar-refractivity contribution in [2.45, 2.75) is 77.0 Å². The molecule has 2 rings (SSSR count). The lowest BCUT2D eigenvalue weighted by molar-refractivity contribution is -0.163. The van der Waals surface area contributed by atoms with E-state index < -0.39 is 17.6 Å². The van der Waals surface area contributed by atoms with Gasteiger partial charge in [-0.25, -0.2) is 4.79 Å². The molecule has 1 N–H and O–H groups in total. The van der Waals surface area contributed by atoms with E-state index in [1.165, 1.54) is 6.42 Å². The molecule has 3 atom stereocenters. The van der Waals surface area contributed by atoms with Gasteiger partial charge in [0.25, 0.3) is 0 Å². The maximum atomic E-state index is 12.6. The van der Waals surface area contributed by atoms with Crippen molar-refractivity contribution in [2.75, 3.05) is 6.61 Å². The normalized spacial score (nSPS) is 29.9. The highest BCUT2D eigenvalue weighted by Crippen LogP contribution is 2.38. The van der Waals surface area contributed by atoms with Crippen LogP contribution in [0.2, 0.25) is 0 Å². The number of piperidine rings is 1. The molecule has 120 valence electrons. The quantitative estimate of drug-likeness (QED) is 0.869. The van der Waals surface area contributed by atoms with E-state index in [1.54, 1.807) is 4.90 Å². The second kappa shape index (κ2) is 6.34. The van der Waals surface area contributed by atoms with Crippen LogP contribution in [-0.2, 0) is 14.3 Å². The van der Waals surface area contributed by atoms with Gasteiger partial charge in [-0.2, -0.15) is 0 Å². The standard InChI is InChI=1S/C16H27NO4/c1-16(2,3)21-10-14(18)17-12-7-5-4-6-11(12)8-9-13(17)15(19)20/h11-13H,4-10H2,1-3H3,(H,19,20). The summed E-state index contributed by atoms with van der Waals surface area (Å²) in [5.74, 6) is -0.593. The van der Waals surface area contributed by atoms with Crippen LogP contribution in [-0.4, -0.2) is 46.2 Å². The van der Waals surface area contributed by atoms with Gasteiger partial charge in [-0.15, -0.1) is 0 Å². The van der Waals surface area contributed by atoms with Gasteiger partial charge in [-0.05, 0) is 52.4 Å². The van der Waals surface area contributed by atoms with Gasteiger partial charge < -0.3 is 14.7 Å². The molecule has 0 aromatic heterocycles. The number of rotatable bonds is 3. The van der Waals surface area contributed by atoms with Crippen molar-refractivity contribution >= 4 is 11.9 Å². The Kier molecular flexibility index (Phi) is 4.91. The molecule has 2 fully saturated rings. The summed E-state index contributed by atoms with van der Waals surface area (Å²) in [5.41, 5.74) is -0.393. The molecule has 3 unspecified atom stereocenters. The summed E-state index contributed by atoms with van der Waals surface area (Å²) in [7, 11) is 0. The third-order valence-electron chi connectivity index (χ3n) is 4.57. The van der Waals surface area contributed by atoms with Crippen molar-refractivity contribution in [3.8, 4) is 0 Å². The Morgan fingerprint density at radius 3 is 2.43 bits per heavy atom. The van der Waals surface area contributed by atoms with E-state index in [9.17, 15) is 14.7 Å². The number of likely N-dealkylation sites (tertiary alicyclic amines) is 1. The monoisotopic (exact) mass is 297 g/mol. The van der Waals surface area contributed by atoms with Gasteiger partial charge in [0.15, 0.2) is 0 Å². The number of fused-ring (bicyclic) bond motifs is 1. The topological polar surface area (TPSA) is 66.8 Å². The summed E-state index contributed by atoms with van der Waals surface area (Å²) in [4.78, 5) is 25.7. The number of carbonyl (C=O) groups is 2. The Hall–Kier alpha value is -1.10. The second-order valence-corrected chi connectivity index (χ2v) is 7.25. The highest BCUT2D eigenvalue weighted by molar-refractivity contribution is 5.85. The zero-order chi connectivity index (χ0) is 15.6. The van der Waals surface area contributed by atoms with E-state index in [1.807, 2.05) is 20.8 Å². The first-order valence-electron chi connectivity index (χ1n) is 7.97. The second-order valence-electron chi connectivity index (χ2n) is 7.25. The molecule has 0 aromatic rings. The lowest BCUT2D eigenvalue weighted by Gasteiger charge is -2.47. The van der Waals surface area contributed by atoms with Crippen LogP contribution < -0.4 is 0 Å². The third-order valence-corrected chi connectivity index (χ3v) is 4.57. The van der Waals surface area contributed by atoms with Crippen molar-refractivity contribution in [1.29, 1.82) is 0 Å². The van der Waals surface area contributed by atoms with Gasteiger partial charge >= 0.3 is 5.97 Å². The molecule has 1 saturated heterocycles. The Morgan fingerprint density at radius 2 is 1.81 bits per heavy atom. The lowest BCUT2D eigenvalue weighted by Crippen LogP contribution is -2.58. The highest BCUT2D eigenvalue weighted by atomic mass is 16.5. The van der Waals surface area contributed by atoms with Crippen LogP contribution in [0.5, 0.6) is 0 Å². The fourth-order valence-electron chi connectivity index (χ4n) is 3.59. The molecule has 1 aliphatic carbocycles. The van der Waals surface area contributed by atoms with Crippen molar-refractivity contribution in [1.82, 2.24) is 4.90 Å². The number of hydrogen-bond acceptors (Lipinski definition) is 3. The summed E-state index contributed by atoms with van der Waals surface area (Å²) in [6.45, 7) is 5.66. The van der Waals surface area contributed by atoms with Gasteiger partial charge in [0.1, 0.15) is 12.6 Å². The van der Waals surface area contributed by atoms with Gasteiger partial charge in [0, 0.05) is 6.04 Å². The summed E-state index contributed by atoms with van der Waals surface area (Å²) >= 11 is 0. The molecule has 21 heavy (non-hydrogen) atoms. The number of aliphatic carboxylic acids is 1. The average molecular weight is 297 g/mol. The molecule has 1 heterocycles. The largest absolute Gasteiger partial charge is 0.480 e. The van der Waals surface area contributed by atoms with E-state index in [0.717, 1.165) is 25.7 Å². The minimum absolute atomic E-state index is 0.0312.